The van der Waals surface area contributed by atoms with Crippen molar-refractivity contribution in [2.45, 2.75) is 103 Å². The smallest absolute Gasteiger partial charge is 0.336 e. The molecule has 0 aliphatic rings. The summed E-state index contributed by atoms with van der Waals surface area (Å²) in [5.41, 5.74) is 1.93. The Bertz CT molecular complexity index is 769. The largest absolute Gasteiger partial charge is 0.490 e. The van der Waals surface area contributed by atoms with Crippen LogP contribution in [0.4, 0.5) is 0 Å². The summed E-state index contributed by atoms with van der Waals surface area (Å²) in [6.45, 7) is 4.44. The molecule has 0 radical (unpaired) electrons. The molecule has 3 heteroatoms. The Hall–Kier alpha value is -2.29. The lowest BCUT2D eigenvalue weighted by Gasteiger charge is -2.20. The minimum absolute atomic E-state index is 0.151. The van der Waals surface area contributed by atoms with E-state index in [0.717, 1.165) is 30.4 Å². The SMILES string of the molecule is CCCCCCCCCCCCC(CCC)Oc1ccc(-c2ccccc2)c(C(=O)O)c1. The molecule has 1 unspecified atom stereocenters. The molecule has 0 heterocycles. The maximum Gasteiger partial charge on any atom is 0.336 e. The number of rotatable bonds is 17. The Kier molecular flexibility index (Phi) is 12.6. The summed E-state index contributed by atoms with van der Waals surface area (Å²) in [6, 6.07) is 15.1. The van der Waals surface area contributed by atoms with E-state index in [9.17, 15) is 9.90 Å². The van der Waals surface area contributed by atoms with Crippen LogP contribution in [0.2, 0.25) is 0 Å². The first kappa shape index (κ1) is 26.0. The van der Waals surface area contributed by atoms with Crippen LogP contribution in [-0.4, -0.2) is 17.2 Å². The summed E-state index contributed by atoms with van der Waals surface area (Å²) < 4.78 is 6.26. The van der Waals surface area contributed by atoms with Crippen molar-refractivity contribution in [3.8, 4) is 16.9 Å². The van der Waals surface area contributed by atoms with Gasteiger partial charge < -0.3 is 9.84 Å². The van der Waals surface area contributed by atoms with Gasteiger partial charge >= 0.3 is 5.97 Å². The van der Waals surface area contributed by atoms with Crippen molar-refractivity contribution in [3.63, 3.8) is 0 Å². The first-order chi connectivity index (χ1) is 15.7. The summed E-state index contributed by atoms with van der Waals surface area (Å²) in [6.07, 6.45) is 16.6. The Morgan fingerprint density at radius 1 is 0.781 bits per heavy atom. The third-order valence-electron chi connectivity index (χ3n) is 6.10. The molecular weight excluding hydrogens is 396 g/mol. The highest BCUT2D eigenvalue weighted by atomic mass is 16.5. The summed E-state index contributed by atoms with van der Waals surface area (Å²) >= 11 is 0. The molecule has 2 rings (SSSR count). The summed E-state index contributed by atoms with van der Waals surface area (Å²) in [4.78, 5) is 11.9. The van der Waals surface area contributed by atoms with Gasteiger partial charge in [-0.05, 0) is 48.6 Å². The van der Waals surface area contributed by atoms with E-state index in [1.54, 1.807) is 6.07 Å². The maximum absolute atomic E-state index is 11.9. The van der Waals surface area contributed by atoms with Crippen molar-refractivity contribution in [2.75, 3.05) is 0 Å². The van der Waals surface area contributed by atoms with Crippen molar-refractivity contribution >= 4 is 5.97 Å². The molecule has 32 heavy (non-hydrogen) atoms. The number of hydrogen-bond acceptors (Lipinski definition) is 2. The highest BCUT2D eigenvalue weighted by Gasteiger charge is 2.15. The molecule has 0 bridgehead atoms. The molecule has 1 N–H and O–H groups in total. The second-order valence-corrected chi connectivity index (χ2v) is 8.88. The first-order valence-corrected chi connectivity index (χ1v) is 12.7. The van der Waals surface area contributed by atoms with E-state index in [-0.39, 0.29) is 6.10 Å². The third-order valence-corrected chi connectivity index (χ3v) is 6.10. The molecule has 0 amide bonds. The quantitative estimate of drug-likeness (QED) is 0.251. The van der Waals surface area contributed by atoms with Crippen molar-refractivity contribution < 1.29 is 14.6 Å². The lowest BCUT2D eigenvalue weighted by molar-refractivity contribution is 0.0696. The van der Waals surface area contributed by atoms with Gasteiger partial charge in [0.25, 0.3) is 0 Å². The summed E-state index contributed by atoms with van der Waals surface area (Å²) in [5.74, 6) is -0.261. The number of hydrogen-bond donors (Lipinski definition) is 1. The number of benzene rings is 2. The minimum atomic E-state index is -0.920. The normalized spacial score (nSPS) is 11.9. The maximum atomic E-state index is 11.9. The van der Waals surface area contributed by atoms with Gasteiger partial charge in [0.05, 0.1) is 11.7 Å². The van der Waals surface area contributed by atoms with Gasteiger partial charge in [0.2, 0.25) is 0 Å². The van der Waals surface area contributed by atoms with Crippen LogP contribution < -0.4 is 4.74 Å². The Labute approximate surface area is 195 Å². The fourth-order valence-electron chi connectivity index (χ4n) is 4.28. The lowest BCUT2D eigenvalue weighted by atomic mass is 9.99. The third kappa shape index (κ3) is 9.46. The topological polar surface area (TPSA) is 46.5 Å². The van der Waals surface area contributed by atoms with E-state index in [2.05, 4.69) is 13.8 Å². The van der Waals surface area contributed by atoms with Crippen molar-refractivity contribution in [3.05, 3.63) is 54.1 Å². The van der Waals surface area contributed by atoms with Gasteiger partial charge in [-0.25, -0.2) is 4.79 Å². The number of unbranched alkanes of at least 4 members (excludes halogenated alkanes) is 9. The van der Waals surface area contributed by atoms with Crippen LogP contribution in [0.5, 0.6) is 5.75 Å². The van der Waals surface area contributed by atoms with Crippen LogP contribution in [0.3, 0.4) is 0 Å². The van der Waals surface area contributed by atoms with E-state index in [0.29, 0.717) is 11.3 Å². The van der Waals surface area contributed by atoms with Crippen LogP contribution in [-0.2, 0) is 0 Å². The van der Waals surface area contributed by atoms with Crippen LogP contribution >= 0.6 is 0 Å². The fraction of sp³-hybridized carbons (Fsp3) is 0.552. The number of aromatic carboxylic acids is 1. The molecule has 2 aromatic rings. The molecule has 2 aromatic carbocycles. The van der Waals surface area contributed by atoms with Crippen LogP contribution in [0.25, 0.3) is 11.1 Å². The molecule has 0 aliphatic carbocycles. The van der Waals surface area contributed by atoms with Crippen LogP contribution in [0.15, 0.2) is 48.5 Å². The zero-order chi connectivity index (χ0) is 23.0. The van der Waals surface area contributed by atoms with Crippen molar-refractivity contribution in [2.24, 2.45) is 0 Å². The molecule has 0 saturated carbocycles. The van der Waals surface area contributed by atoms with Gasteiger partial charge in [-0.15, -0.1) is 0 Å². The zero-order valence-electron chi connectivity index (χ0n) is 20.2. The number of carboxylic acids is 1. The minimum Gasteiger partial charge on any atom is -0.490 e. The molecular formula is C29H42O3. The average Bonchev–Trinajstić information content (AvgIpc) is 2.81. The van der Waals surface area contributed by atoms with E-state index in [4.69, 9.17) is 4.74 Å². The first-order valence-electron chi connectivity index (χ1n) is 12.7. The second kappa shape index (κ2) is 15.5. The van der Waals surface area contributed by atoms with Crippen molar-refractivity contribution in [1.29, 1.82) is 0 Å². The molecule has 1 atom stereocenters. The molecule has 0 aromatic heterocycles. The van der Waals surface area contributed by atoms with Crippen LogP contribution in [0, 0.1) is 0 Å². The zero-order valence-corrected chi connectivity index (χ0v) is 20.2. The Balaban J connectivity index is 1.83. The van der Waals surface area contributed by atoms with Gasteiger partial charge in [-0.2, -0.15) is 0 Å². The van der Waals surface area contributed by atoms with Gasteiger partial charge in [-0.3, -0.25) is 0 Å². The molecule has 0 saturated heterocycles. The highest BCUT2D eigenvalue weighted by Crippen LogP contribution is 2.29. The predicted octanol–water partition coefficient (Wildman–Crippen LogP) is 8.91. The number of carbonyl (C=O) groups is 1. The van der Waals surface area contributed by atoms with Crippen molar-refractivity contribution in [1.82, 2.24) is 0 Å². The predicted molar refractivity (Wildman–Crippen MR) is 135 cm³/mol. The summed E-state index contributed by atoms with van der Waals surface area (Å²) in [5, 5.41) is 9.74. The standard InChI is InChI=1S/C29H42O3/c1-3-5-6-7-8-9-10-11-12-16-20-25(17-4-2)32-26-21-22-27(28(23-26)29(30)31)24-18-14-13-15-19-24/h13-15,18-19,21-23,25H,3-12,16-17,20H2,1-2H3,(H,30,31). The molecule has 0 aliphatic heterocycles. The van der Waals surface area contributed by atoms with Crippen LogP contribution in [0.1, 0.15) is 108 Å². The lowest BCUT2D eigenvalue weighted by Crippen LogP contribution is -2.16. The molecule has 3 nitrogen and oxygen atoms in total. The molecule has 176 valence electrons. The summed E-state index contributed by atoms with van der Waals surface area (Å²) in [7, 11) is 0. The van der Waals surface area contributed by atoms with E-state index < -0.39 is 5.97 Å². The second-order valence-electron chi connectivity index (χ2n) is 8.88. The average molecular weight is 439 g/mol. The monoisotopic (exact) mass is 438 g/mol. The Morgan fingerprint density at radius 3 is 2.00 bits per heavy atom. The highest BCUT2D eigenvalue weighted by molar-refractivity contribution is 5.96. The van der Waals surface area contributed by atoms with Gasteiger partial charge in [0.1, 0.15) is 5.75 Å². The van der Waals surface area contributed by atoms with E-state index >= 15 is 0 Å². The Morgan fingerprint density at radius 2 is 1.41 bits per heavy atom. The van der Waals surface area contributed by atoms with E-state index in [1.165, 1.54) is 64.2 Å². The fourth-order valence-corrected chi connectivity index (χ4v) is 4.28. The molecule has 0 spiro atoms. The van der Waals surface area contributed by atoms with Gasteiger partial charge in [0, 0.05) is 0 Å². The van der Waals surface area contributed by atoms with Gasteiger partial charge in [-0.1, -0.05) is 108 Å². The molecule has 0 fully saturated rings. The van der Waals surface area contributed by atoms with E-state index in [1.807, 2.05) is 42.5 Å². The number of ether oxygens (including phenoxy) is 1. The number of carboxylic acid groups (broad SMARTS) is 1. The van der Waals surface area contributed by atoms with Gasteiger partial charge in [0.15, 0.2) is 0 Å².